The van der Waals surface area contributed by atoms with Crippen LogP contribution >= 0.6 is 21.8 Å². The van der Waals surface area contributed by atoms with Crippen LogP contribution in [0, 0.1) is 17.1 Å². The van der Waals surface area contributed by atoms with Crippen molar-refractivity contribution in [3.8, 4) is 11.8 Å². The Bertz CT molecular complexity index is 972. The molecule has 2 aromatic rings. The Morgan fingerprint density at radius 1 is 1.17 bits per heavy atom. The average Bonchev–Trinajstić information content (AvgIpc) is 2.57. The first-order valence-corrected chi connectivity index (χ1v) is 10.0. The van der Waals surface area contributed by atoms with E-state index in [1.165, 1.54) is 13.0 Å². The van der Waals surface area contributed by atoms with Gasteiger partial charge in [0.2, 0.25) is 0 Å². The van der Waals surface area contributed by atoms with Crippen molar-refractivity contribution in [3.05, 3.63) is 58.9 Å². The van der Waals surface area contributed by atoms with E-state index in [2.05, 4.69) is 5.32 Å². The number of halogens is 7. The predicted octanol–water partition coefficient (Wildman–Crippen LogP) is 6.23. The van der Waals surface area contributed by atoms with Gasteiger partial charge >= 0.3 is 10.2 Å². The third-order valence-electron chi connectivity index (χ3n) is 3.56. The summed E-state index contributed by atoms with van der Waals surface area (Å²) >= 11 is 5.68. The van der Waals surface area contributed by atoms with E-state index < -0.39 is 39.0 Å². The van der Waals surface area contributed by atoms with Crippen LogP contribution in [0.5, 0.6) is 5.75 Å². The highest BCUT2D eigenvalue weighted by molar-refractivity contribution is 8.45. The van der Waals surface area contributed by atoms with E-state index in [0.717, 1.165) is 12.1 Å². The number of hydrogen-bond acceptors (Lipinski definition) is 3. The minimum absolute atomic E-state index is 0.0223. The molecule has 2 rings (SSSR count). The number of benzene rings is 2. The topological polar surface area (TPSA) is 62.1 Å². The smallest absolute Gasteiger partial charge is 0.310 e. The quantitative estimate of drug-likeness (QED) is 0.522. The van der Waals surface area contributed by atoms with Gasteiger partial charge in [-0.1, -0.05) is 31.0 Å². The van der Waals surface area contributed by atoms with Gasteiger partial charge in [0.15, 0.2) is 5.54 Å². The van der Waals surface area contributed by atoms with Crippen LogP contribution in [0.15, 0.2) is 47.4 Å². The maximum absolute atomic E-state index is 13.3. The molecule has 158 valence electrons. The molecule has 1 atom stereocenters. The largest absolute Gasteiger partial charge is 0.490 e. The molecular formula is C17H13ClF6N2O2S. The molecule has 0 fully saturated rings. The number of nitriles is 1. The molecule has 0 aliphatic carbocycles. The second kappa shape index (κ2) is 6.74. The molecule has 2 aromatic carbocycles. The van der Waals surface area contributed by atoms with Crippen molar-refractivity contribution in [1.29, 1.82) is 5.26 Å². The number of ether oxygens (including phenoxy) is 1. The van der Waals surface area contributed by atoms with Gasteiger partial charge in [0.05, 0.1) is 6.07 Å². The zero-order chi connectivity index (χ0) is 22.2. The van der Waals surface area contributed by atoms with Crippen molar-refractivity contribution >= 4 is 27.7 Å². The number of rotatable bonds is 6. The van der Waals surface area contributed by atoms with Crippen molar-refractivity contribution < 1.29 is 33.4 Å². The Hall–Kier alpha value is -2.58. The van der Waals surface area contributed by atoms with E-state index in [1.54, 1.807) is 6.07 Å². The Balaban J connectivity index is 2.13. The summed E-state index contributed by atoms with van der Waals surface area (Å²) in [5.41, 5.74) is -2.06. The third-order valence-corrected chi connectivity index (χ3v) is 4.94. The summed E-state index contributed by atoms with van der Waals surface area (Å²) in [6.45, 7) is 0.785. The number of nitrogens with zero attached hydrogens (tertiary/aromatic N) is 1. The molecule has 0 saturated heterocycles. The maximum Gasteiger partial charge on any atom is 0.310 e. The lowest BCUT2D eigenvalue weighted by Crippen LogP contribution is -2.49. The Morgan fingerprint density at radius 3 is 2.24 bits per heavy atom. The lowest BCUT2D eigenvalue weighted by molar-refractivity contribution is 0.0900. The van der Waals surface area contributed by atoms with Gasteiger partial charge in [-0.25, -0.2) is 4.39 Å². The molecule has 1 unspecified atom stereocenters. The first-order valence-electron chi connectivity index (χ1n) is 7.68. The zero-order valence-electron chi connectivity index (χ0n) is 14.6. The van der Waals surface area contributed by atoms with Gasteiger partial charge in [-0.3, -0.25) is 4.79 Å². The monoisotopic (exact) mass is 458 g/mol. The van der Waals surface area contributed by atoms with Crippen LogP contribution in [0.25, 0.3) is 0 Å². The van der Waals surface area contributed by atoms with Crippen molar-refractivity contribution in [2.45, 2.75) is 17.4 Å². The molecule has 0 aliphatic rings. The zero-order valence-corrected chi connectivity index (χ0v) is 16.1. The SMILES string of the molecule is CC(C#N)(COc1cc(F)cc(Cl)c1)NC(=O)c1ccc(S(F)(F)(F)(F)F)cc1. The molecular weight excluding hydrogens is 446 g/mol. The lowest BCUT2D eigenvalue weighted by Gasteiger charge is -2.40. The van der Waals surface area contributed by atoms with Crippen LogP contribution in [0.3, 0.4) is 0 Å². The van der Waals surface area contributed by atoms with Crippen LogP contribution in [-0.2, 0) is 0 Å². The number of nitrogens with one attached hydrogen (secondary N) is 1. The molecule has 29 heavy (non-hydrogen) atoms. The summed E-state index contributed by atoms with van der Waals surface area (Å²) in [6.07, 6.45) is 0. The molecule has 1 amide bonds. The fourth-order valence-corrected chi connectivity index (χ4v) is 2.98. The number of carbonyl (C=O) groups excluding carboxylic acids is 1. The third kappa shape index (κ3) is 6.20. The minimum atomic E-state index is -9.86. The Labute approximate surface area is 166 Å². The molecule has 0 heterocycles. The fourth-order valence-electron chi connectivity index (χ4n) is 2.12. The molecule has 0 radical (unpaired) electrons. The van der Waals surface area contributed by atoms with E-state index >= 15 is 0 Å². The van der Waals surface area contributed by atoms with Gasteiger partial charge < -0.3 is 10.1 Å². The van der Waals surface area contributed by atoms with Gasteiger partial charge in [0.1, 0.15) is 23.1 Å². The molecule has 4 nitrogen and oxygen atoms in total. The highest BCUT2D eigenvalue weighted by atomic mass is 35.5. The summed E-state index contributed by atoms with van der Waals surface area (Å²) in [6, 6.07) is 6.33. The molecule has 0 spiro atoms. The first-order chi connectivity index (χ1) is 13.0. The van der Waals surface area contributed by atoms with Crippen molar-refractivity contribution in [1.82, 2.24) is 5.32 Å². The standard InChI is InChI=1S/C17H13ClF6N2O2S/c1-17(9-25,10-28-14-7-12(18)6-13(19)8-14)26-16(27)11-2-4-15(5-3-11)29(20,21,22,23)24/h2-8H,10H2,1H3,(H,26,27). The van der Waals surface area contributed by atoms with E-state index in [9.17, 15) is 33.9 Å². The lowest BCUT2D eigenvalue weighted by atomic mass is 10.1. The van der Waals surface area contributed by atoms with Crippen LogP contribution in [0.2, 0.25) is 5.02 Å². The number of amides is 1. The minimum Gasteiger partial charge on any atom is -0.490 e. The van der Waals surface area contributed by atoms with E-state index in [-0.39, 0.29) is 28.5 Å². The average molecular weight is 459 g/mol. The molecule has 0 bridgehead atoms. The molecule has 0 aromatic heterocycles. The van der Waals surface area contributed by atoms with E-state index in [0.29, 0.717) is 12.1 Å². The maximum atomic E-state index is 13.3. The molecule has 0 saturated carbocycles. The molecule has 1 N–H and O–H groups in total. The highest BCUT2D eigenvalue weighted by Gasteiger charge is 2.65. The predicted molar refractivity (Wildman–Crippen MR) is 96.2 cm³/mol. The fraction of sp³-hybridized carbons (Fsp3) is 0.176. The van der Waals surface area contributed by atoms with Crippen molar-refractivity contribution in [2.75, 3.05) is 6.61 Å². The highest BCUT2D eigenvalue weighted by Crippen LogP contribution is 3.02. The summed E-state index contributed by atoms with van der Waals surface area (Å²) < 4.78 is 82.2. The van der Waals surface area contributed by atoms with Gasteiger partial charge in [-0.05, 0) is 43.3 Å². The van der Waals surface area contributed by atoms with Gasteiger partial charge in [0, 0.05) is 16.7 Å². The second-order valence-electron chi connectivity index (χ2n) is 6.29. The van der Waals surface area contributed by atoms with Crippen LogP contribution in [0.1, 0.15) is 17.3 Å². The summed E-state index contributed by atoms with van der Waals surface area (Å²) in [4.78, 5) is 10.1. The van der Waals surface area contributed by atoms with Crippen LogP contribution < -0.4 is 10.1 Å². The number of carbonyl (C=O) groups is 1. The summed E-state index contributed by atoms with van der Waals surface area (Å²) in [7, 11) is -9.86. The van der Waals surface area contributed by atoms with Crippen molar-refractivity contribution in [3.63, 3.8) is 0 Å². The van der Waals surface area contributed by atoms with Crippen molar-refractivity contribution in [2.24, 2.45) is 0 Å². The van der Waals surface area contributed by atoms with Crippen LogP contribution in [0.4, 0.5) is 23.8 Å². The van der Waals surface area contributed by atoms with E-state index in [1.807, 2.05) is 0 Å². The number of hydrogen-bond donors (Lipinski definition) is 1. The normalized spacial score (nSPS) is 16.0. The second-order valence-corrected chi connectivity index (χ2v) is 9.13. The Kier molecular flexibility index (Phi) is 5.28. The molecule has 12 heteroatoms. The van der Waals surface area contributed by atoms with Gasteiger partial charge in [0.25, 0.3) is 5.91 Å². The van der Waals surface area contributed by atoms with Gasteiger partial charge in [-0.15, -0.1) is 0 Å². The van der Waals surface area contributed by atoms with Crippen LogP contribution in [-0.4, -0.2) is 18.1 Å². The summed E-state index contributed by atoms with van der Waals surface area (Å²) in [5.74, 6) is -1.71. The summed E-state index contributed by atoms with van der Waals surface area (Å²) in [5, 5.41) is 11.6. The molecule has 0 aliphatic heterocycles. The van der Waals surface area contributed by atoms with Gasteiger partial charge in [-0.2, -0.15) is 5.26 Å². The first kappa shape index (κ1) is 22.7. The van der Waals surface area contributed by atoms with E-state index in [4.69, 9.17) is 16.3 Å². The Morgan fingerprint density at radius 2 is 1.76 bits per heavy atom.